The number of hydrogen-bond acceptors (Lipinski definition) is 6. The van der Waals surface area contributed by atoms with E-state index in [4.69, 9.17) is 14.7 Å². The molecule has 6 heteroatoms. The first kappa shape index (κ1) is 13.7. The van der Waals surface area contributed by atoms with Crippen LogP contribution in [0.3, 0.4) is 0 Å². The van der Waals surface area contributed by atoms with Crippen LogP contribution in [0.5, 0.6) is 0 Å². The van der Waals surface area contributed by atoms with E-state index in [1.165, 1.54) is 0 Å². The third-order valence-corrected chi connectivity index (χ3v) is 2.58. The van der Waals surface area contributed by atoms with Crippen LogP contribution in [0.1, 0.15) is 17.3 Å². The van der Waals surface area contributed by atoms with Gasteiger partial charge in [-0.3, -0.25) is 0 Å². The molecule has 0 aliphatic heterocycles. The quantitative estimate of drug-likeness (QED) is 0.656. The smallest absolute Gasteiger partial charge is 0.240 e. The van der Waals surface area contributed by atoms with Gasteiger partial charge in [0, 0.05) is 13.0 Å². The van der Waals surface area contributed by atoms with Gasteiger partial charge in [0.1, 0.15) is 0 Å². The first-order valence-corrected chi connectivity index (χ1v) is 6.13. The molecular formula is C13H17N3O3. The Balaban J connectivity index is 1.82. The summed E-state index contributed by atoms with van der Waals surface area (Å²) in [6, 6.07) is 9.90. The second kappa shape index (κ2) is 6.98. The van der Waals surface area contributed by atoms with Gasteiger partial charge in [-0.25, -0.2) is 0 Å². The van der Waals surface area contributed by atoms with Gasteiger partial charge in [-0.1, -0.05) is 35.5 Å². The molecule has 0 aliphatic carbocycles. The molecule has 1 aromatic carbocycles. The maximum Gasteiger partial charge on any atom is 0.240 e. The molecule has 6 nitrogen and oxygen atoms in total. The minimum absolute atomic E-state index is 0.268. The number of hydrogen-bond donors (Lipinski definition) is 3. The zero-order chi connectivity index (χ0) is 13.5. The fourth-order valence-electron chi connectivity index (χ4n) is 1.62. The van der Waals surface area contributed by atoms with Gasteiger partial charge < -0.3 is 20.1 Å². The average molecular weight is 263 g/mol. The minimum Gasteiger partial charge on any atom is -0.394 e. The van der Waals surface area contributed by atoms with Crippen LogP contribution in [0.15, 0.2) is 34.9 Å². The lowest BCUT2D eigenvalue weighted by atomic mass is 10.1. The van der Waals surface area contributed by atoms with E-state index < -0.39 is 6.10 Å². The van der Waals surface area contributed by atoms with Gasteiger partial charge in [-0.15, -0.1) is 0 Å². The summed E-state index contributed by atoms with van der Waals surface area (Å²) < 4.78 is 5.08. The number of rotatable bonds is 7. The summed E-state index contributed by atoms with van der Waals surface area (Å²) in [6.07, 6.45) is -0.143. The van der Waals surface area contributed by atoms with Gasteiger partial charge in [0.05, 0.1) is 19.3 Å². The zero-order valence-electron chi connectivity index (χ0n) is 10.5. The summed E-state index contributed by atoms with van der Waals surface area (Å²) in [4.78, 5) is 4.24. The van der Waals surface area contributed by atoms with Gasteiger partial charge in [-0.05, 0) is 5.56 Å². The van der Waals surface area contributed by atoms with Crippen molar-refractivity contribution >= 4 is 0 Å². The Hall–Kier alpha value is -1.76. The Morgan fingerprint density at radius 3 is 2.79 bits per heavy atom. The van der Waals surface area contributed by atoms with E-state index in [-0.39, 0.29) is 13.2 Å². The van der Waals surface area contributed by atoms with Crippen LogP contribution < -0.4 is 5.32 Å². The highest BCUT2D eigenvalue weighted by Gasteiger charge is 2.07. The second-order valence-electron chi connectivity index (χ2n) is 4.23. The molecule has 0 fully saturated rings. The summed E-state index contributed by atoms with van der Waals surface area (Å²) in [5.74, 6) is 1.10. The topological polar surface area (TPSA) is 91.4 Å². The van der Waals surface area contributed by atoms with Gasteiger partial charge in [0.15, 0.2) is 5.82 Å². The lowest BCUT2D eigenvalue weighted by molar-refractivity contribution is 0.0935. The summed E-state index contributed by atoms with van der Waals surface area (Å²) in [5, 5.41) is 24.6. The Labute approximate surface area is 111 Å². The fourth-order valence-corrected chi connectivity index (χ4v) is 1.62. The highest BCUT2D eigenvalue weighted by Crippen LogP contribution is 2.06. The van der Waals surface area contributed by atoms with Gasteiger partial charge in [0.25, 0.3) is 0 Å². The Bertz CT molecular complexity index is 487. The monoisotopic (exact) mass is 263 g/mol. The molecule has 1 aromatic heterocycles. The minimum atomic E-state index is -0.772. The van der Waals surface area contributed by atoms with Crippen LogP contribution in [-0.4, -0.2) is 39.6 Å². The van der Waals surface area contributed by atoms with E-state index in [0.717, 1.165) is 5.56 Å². The summed E-state index contributed by atoms with van der Waals surface area (Å²) in [7, 11) is 0. The SMILES string of the molecule is OCC(O)CNCc1nc(Cc2ccccc2)no1. The molecule has 2 aromatic rings. The summed E-state index contributed by atoms with van der Waals surface area (Å²) in [6.45, 7) is 0.391. The van der Waals surface area contributed by atoms with Crippen molar-refractivity contribution in [3.63, 3.8) is 0 Å². The largest absolute Gasteiger partial charge is 0.394 e. The molecule has 0 saturated heterocycles. The van der Waals surface area contributed by atoms with Crippen LogP contribution in [0, 0.1) is 0 Å². The Morgan fingerprint density at radius 1 is 1.26 bits per heavy atom. The standard InChI is InChI=1S/C13H17N3O3/c17-9-11(18)7-14-8-13-15-12(16-19-13)6-10-4-2-1-3-5-10/h1-5,11,14,17-18H,6-9H2. The van der Waals surface area contributed by atoms with Crippen LogP contribution >= 0.6 is 0 Å². The van der Waals surface area contributed by atoms with E-state index >= 15 is 0 Å². The highest BCUT2D eigenvalue weighted by atomic mass is 16.5. The van der Waals surface area contributed by atoms with E-state index in [0.29, 0.717) is 24.7 Å². The van der Waals surface area contributed by atoms with Crippen molar-refractivity contribution in [2.75, 3.05) is 13.2 Å². The van der Waals surface area contributed by atoms with Gasteiger partial charge in [-0.2, -0.15) is 4.98 Å². The number of nitrogens with one attached hydrogen (secondary N) is 1. The molecule has 0 aliphatic rings. The lowest BCUT2D eigenvalue weighted by Crippen LogP contribution is -2.29. The second-order valence-corrected chi connectivity index (χ2v) is 4.23. The van der Waals surface area contributed by atoms with Crippen molar-refractivity contribution in [3.8, 4) is 0 Å². The molecule has 3 N–H and O–H groups in total. The van der Waals surface area contributed by atoms with Crippen molar-refractivity contribution in [2.45, 2.75) is 19.1 Å². The normalized spacial score (nSPS) is 12.5. The molecule has 19 heavy (non-hydrogen) atoms. The van der Waals surface area contributed by atoms with E-state index in [1.54, 1.807) is 0 Å². The van der Waals surface area contributed by atoms with Crippen LogP contribution in [-0.2, 0) is 13.0 Å². The van der Waals surface area contributed by atoms with Crippen molar-refractivity contribution < 1.29 is 14.7 Å². The Morgan fingerprint density at radius 2 is 2.05 bits per heavy atom. The van der Waals surface area contributed by atoms with Crippen molar-refractivity contribution in [3.05, 3.63) is 47.6 Å². The molecule has 0 saturated carbocycles. The molecule has 1 heterocycles. The fraction of sp³-hybridized carbons (Fsp3) is 0.385. The molecule has 2 rings (SSSR count). The predicted molar refractivity (Wildman–Crippen MR) is 68.3 cm³/mol. The maximum absolute atomic E-state index is 9.16. The van der Waals surface area contributed by atoms with Gasteiger partial charge >= 0.3 is 0 Å². The maximum atomic E-state index is 9.16. The molecule has 0 amide bonds. The molecule has 102 valence electrons. The molecule has 0 radical (unpaired) electrons. The van der Waals surface area contributed by atoms with Crippen LogP contribution in [0.4, 0.5) is 0 Å². The molecular weight excluding hydrogens is 246 g/mol. The Kier molecular flexibility index (Phi) is 5.02. The van der Waals surface area contributed by atoms with E-state index in [9.17, 15) is 0 Å². The number of aliphatic hydroxyl groups is 2. The number of aromatic nitrogens is 2. The molecule has 0 spiro atoms. The zero-order valence-corrected chi connectivity index (χ0v) is 10.5. The number of benzene rings is 1. The van der Waals surface area contributed by atoms with Crippen molar-refractivity contribution in [2.24, 2.45) is 0 Å². The first-order valence-electron chi connectivity index (χ1n) is 6.13. The van der Waals surface area contributed by atoms with E-state index in [2.05, 4.69) is 15.5 Å². The molecule has 0 bridgehead atoms. The van der Waals surface area contributed by atoms with Crippen molar-refractivity contribution in [1.29, 1.82) is 0 Å². The summed E-state index contributed by atoms with van der Waals surface area (Å²) in [5.41, 5.74) is 1.12. The van der Waals surface area contributed by atoms with Crippen LogP contribution in [0.25, 0.3) is 0 Å². The predicted octanol–water partition coefficient (Wildman–Crippen LogP) is 0.103. The third kappa shape index (κ3) is 4.44. The summed E-state index contributed by atoms with van der Waals surface area (Å²) >= 11 is 0. The van der Waals surface area contributed by atoms with Gasteiger partial charge in [0.2, 0.25) is 5.89 Å². The average Bonchev–Trinajstić information content (AvgIpc) is 2.87. The third-order valence-electron chi connectivity index (χ3n) is 2.58. The first-order chi connectivity index (χ1) is 9.28. The number of aliphatic hydroxyl groups excluding tert-OH is 2. The lowest BCUT2D eigenvalue weighted by Gasteiger charge is -2.05. The number of nitrogens with zero attached hydrogens (tertiary/aromatic N) is 2. The molecule has 1 unspecified atom stereocenters. The van der Waals surface area contributed by atoms with Crippen molar-refractivity contribution in [1.82, 2.24) is 15.5 Å². The molecule has 1 atom stereocenters. The van der Waals surface area contributed by atoms with E-state index in [1.807, 2.05) is 30.3 Å². The van der Waals surface area contributed by atoms with Crippen LogP contribution in [0.2, 0.25) is 0 Å². The highest BCUT2D eigenvalue weighted by molar-refractivity contribution is 5.18.